The van der Waals surface area contributed by atoms with Gasteiger partial charge in [0.1, 0.15) is 18.3 Å². The van der Waals surface area contributed by atoms with Crippen LogP contribution in [0.1, 0.15) is 96.8 Å². The molecule has 0 aliphatic rings. The summed E-state index contributed by atoms with van der Waals surface area (Å²) in [4.78, 5) is 13.2. The lowest BCUT2D eigenvalue weighted by Crippen LogP contribution is -2.07. The smallest absolute Gasteiger partial charge is 0.311 e. The van der Waals surface area contributed by atoms with Crippen LogP contribution < -0.4 is 4.74 Å². The van der Waals surface area contributed by atoms with Gasteiger partial charge in [-0.25, -0.2) is 0 Å². The van der Waals surface area contributed by atoms with Crippen molar-refractivity contribution in [2.45, 2.75) is 102 Å². The Morgan fingerprint density at radius 3 is 1.63 bits per heavy atom. The number of hydrogen-bond acceptors (Lipinski definition) is 2. The summed E-state index contributed by atoms with van der Waals surface area (Å²) in [5, 5.41) is 0. The van der Waals surface area contributed by atoms with Crippen molar-refractivity contribution in [2.24, 2.45) is 0 Å². The number of rotatable bonds is 16. The van der Waals surface area contributed by atoms with E-state index in [0.29, 0.717) is 12.2 Å². The van der Waals surface area contributed by atoms with Crippen LogP contribution in [-0.2, 0) is 15.7 Å². The van der Waals surface area contributed by atoms with E-state index in [9.17, 15) is 4.79 Å². The van der Waals surface area contributed by atoms with E-state index in [4.69, 9.17) is 4.74 Å². The molecule has 154 valence electrons. The molecule has 1 aromatic carbocycles. The van der Waals surface area contributed by atoms with Crippen molar-refractivity contribution in [3.8, 4) is 5.75 Å². The largest absolute Gasteiger partial charge is 0.427 e. The Balaban J connectivity index is 1.92. The van der Waals surface area contributed by atoms with Crippen molar-refractivity contribution in [2.75, 3.05) is 12.5 Å². The molecule has 0 bridgehead atoms. The lowest BCUT2D eigenvalue weighted by molar-refractivity contribution is -0.134. The minimum Gasteiger partial charge on any atom is -0.427 e. The second kappa shape index (κ2) is 16.0. The third kappa shape index (κ3) is 12.9. The highest BCUT2D eigenvalue weighted by atomic mass is 32.2. The van der Waals surface area contributed by atoms with Crippen molar-refractivity contribution in [3.63, 3.8) is 0 Å². The lowest BCUT2D eigenvalue weighted by atomic mass is 10.0. The van der Waals surface area contributed by atoms with Crippen LogP contribution in [0.4, 0.5) is 0 Å². The molecule has 0 amide bonds. The van der Waals surface area contributed by atoms with Gasteiger partial charge in [-0.05, 0) is 30.7 Å². The van der Waals surface area contributed by atoms with Crippen molar-refractivity contribution < 1.29 is 9.53 Å². The maximum absolute atomic E-state index is 11.9. The van der Waals surface area contributed by atoms with Gasteiger partial charge in [-0.2, -0.15) is 0 Å². The second-order valence-electron chi connectivity index (χ2n) is 7.75. The molecule has 3 heteroatoms. The zero-order chi connectivity index (χ0) is 19.7. The summed E-state index contributed by atoms with van der Waals surface area (Å²) in [6, 6.07) is 7.92. The Hall–Kier alpha value is -0.960. The molecular weight excluding hydrogens is 352 g/mol. The molecule has 2 nitrogen and oxygen atoms in total. The fourth-order valence-corrected chi connectivity index (χ4v) is 3.93. The first-order valence-corrected chi connectivity index (χ1v) is 13.1. The number of unbranched alkanes of at least 4 members (excludes halogenated alkanes) is 12. The Morgan fingerprint density at radius 1 is 0.741 bits per heavy atom. The fourth-order valence-electron chi connectivity index (χ4n) is 3.25. The number of benzene rings is 1. The highest BCUT2D eigenvalue weighted by Gasteiger charge is 2.09. The van der Waals surface area contributed by atoms with Gasteiger partial charge in [0.05, 0.1) is 0 Å². The highest BCUT2D eigenvalue weighted by molar-refractivity contribution is 7.95. The summed E-state index contributed by atoms with van der Waals surface area (Å²) >= 11 is 0. The summed E-state index contributed by atoms with van der Waals surface area (Å²) < 4.78 is 5.42. The molecule has 0 fully saturated rings. The van der Waals surface area contributed by atoms with Gasteiger partial charge in [-0.3, -0.25) is 4.79 Å². The molecule has 0 atom stereocenters. The van der Waals surface area contributed by atoms with Crippen molar-refractivity contribution >= 4 is 16.9 Å². The molecule has 27 heavy (non-hydrogen) atoms. The first-order valence-electron chi connectivity index (χ1n) is 11.0. The van der Waals surface area contributed by atoms with E-state index in [0.717, 1.165) is 12.8 Å². The van der Waals surface area contributed by atoms with E-state index < -0.39 is 0 Å². The first kappa shape index (κ1) is 24.1. The Kier molecular flexibility index (Phi) is 14.3. The Morgan fingerprint density at radius 2 is 1.19 bits per heavy atom. The van der Waals surface area contributed by atoms with Crippen LogP contribution in [0.25, 0.3) is 0 Å². The summed E-state index contributed by atoms with van der Waals surface area (Å²) in [6.45, 7) is 2.27. The van der Waals surface area contributed by atoms with Crippen LogP contribution in [0, 0.1) is 0 Å². The average molecular weight is 394 g/mol. The third-order valence-corrected chi connectivity index (χ3v) is 6.23. The van der Waals surface area contributed by atoms with Gasteiger partial charge in [0.15, 0.2) is 4.90 Å². The van der Waals surface area contributed by atoms with E-state index in [1.54, 1.807) is 0 Å². The lowest BCUT2D eigenvalue weighted by Gasteiger charge is -2.05. The van der Waals surface area contributed by atoms with Gasteiger partial charge in [-0.1, -0.05) is 84.0 Å². The molecule has 0 spiro atoms. The fraction of sp³-hybridized carbons (Fsp3) is 0.708. The number of esters is 1. The highest BCUT2D eigenvalue weighted by Crippen LogP contribution is 2.17. The van der Waals surface area contributed by atoms with Crippen LogP contribution in [0.15, 0.2) is 29.2 Å². The van der Waals surface area contributed by atoms with E-state index in [1.807, 2.05) is 12.1 Å². The van der Waals surface area contributed by atoms with E-state index in [2.05, 4.69) is 31.6 Å². The van der Waals surface area contributed by atoms with E-state index >= 15 is 0 Å². The molecule has 0 N–H and O–H groups in total. The SMILES string of the molecule is CCCCCCCCCCCCCCCC(=O)Oc1ccc([S+](C)C)cc1. The van der Waals surface area contributed by atoms with Gasteiger partial charge in [0.25, 0.3) is 0 Å². The molecule has 0 heterocycles. The van der Waals surface area contributed by atoms with Crippen molar-refractivity contribution in [3.05, 3.63) is 24.3 Å². The average Bonchev–Trinajstić information content (AvgIpc) is 2.66. The predicted molar refractivity (Wildman–Crippen MR) is 120 cm³/mol. The molecule has 0 unspecified atom stereocenters. The molecular formula is C24H41O2S+. The number of carbonyl (C=O) groups is 1. The minimum absolute atomic E-state index is 0.0992. The van der Waals surface area contributed by atoms with Gasteiger partial charge in [0, 0.05) is 17.3 Å². The van der Waals surface area contributed by atoms with Gasteiger partial charge in [-0.15, -0.1) is 0 Å². The van der Waals surface area contributed by atoms with Gasteiger partial charge < -0.3 is 4.74 Å². The van der Waals surface area contributed by atoms with E-state index in [1.165, 1.54) is 75.5 Å². The summed E-state index contributed by atoms with van der Waals surface area (Å²) in [6.07, 6.45) is 22.1. The molecule has 0 saturated carbocycles. The summed E-state index contributed by atoms with van der Waals surface area (Å²) in [5.74, 6) is 0.571. The first-order chi connectivity index (χ1) is 13.1. The van der Waals surface area contributed by atoms with Crippen LogP contribution in [-0.4, -0.2) is 18.5 Å². The van der Waals surface area contributed by atoms with Crippen LogP contribution in [0.3, 0.4) is 0 Å². The topological polar surface area (TPSA) is 26.3 Å². The quantitative estimate of drug-likeness (QED) is 0.127. The van der Waals surface area contributed by atoms with Gasteiger partial charge >= 0.3 is 5.97 Å². The van der Waals surface area contributed by atoms with Crippen LogP contribution >= 0.6 is 0 Å². The second-order valence-corrected chi connectivity index (χ2v) is 9.86. The standard InChI is InChI=1S/C24H41O2S/c1-4-5-6-7-8-9-10-11-12-13-14-15-16-17-24(25)26-22-18-20-23(21-19-22)27(2)3/h18-21H,4-17H2,1-3H3/q+1. The predicted octanol–water partition coefficient (Wildman–Crippen LogP) is 7.31. The molecule has 0 aliphatic carbocycles. The maximum atomic E-state index is 11.9. The molecule has 1 aromatic rings. The zero-order valence-electron chi connectivity index (χ0n) is 17.9. The summed E-state index contributed by atoms with van der Waals surface area (Å²) in [7, 11) is 0.246. The number of carbonyl (C=O) groups excluding carboxylic acids is 1. The van der Waals surface area contributed by atoms with E-state index in [-0.39, 0.29) is 16.9 Å². The van der Waals surface area contributed by atoms with Crippen molar-refractivity contribution in [1.82, 2.24) is 0 Å². The Bertz CT molecular complexity index is 482. The van der Waals surface area contributed by atoms with Gasteiger partial charge in [0.2, 0.25) is 0 Å². The number of ether oxygens (including phenoxy) is 1. The zero-order valence-corrected chi connectivity index (χ0v) is 18.8. The Labute approximate surface area is 170 Å². The number of hydrogen-bond donors (Lipinski definition) is 0. The molecule has 0 aliphatic heterocycles. The minimum atomic E-state index is -0.0992. The monoisotopic (exact) mass is 393 g/mol. The maximum Gasteiger partial charge on any atom is 0.311 e. The van der Waals surface area contributed by atoms with Crippen LogP contribution in [0.5, 0.6) is 5.75 Å². The molecule has 0 aromatic heterocycles. The molecule has 0 saturated heterocycles. The van der Waals surface area contributed by atoms with Crippen molar-refractivity contribution in [1.29, 1.82) is 0 Å². The normalized spacial score (nSPS) is 11.1. The molecule has 0 radical (unpaired) electrons. The van der Waals surface area contributed by atoms with Crippen LogP contribution in [0.2, 0.25) is 0 Å². The summed E-state index contributed by atoms with van der Waals surface area (Å²) in [5.41, 5.74) is 0. The molecule has 1 rings (SSSR count). The third-order valence-electron chi connectivity index (χ3n) is 5.01.